The number of aliphatic hydroxyl groups is 1. The lowest BCUT2D eigenvalue weighted by Crippen LogP contribution is -2.52. The Kier molecular flexibility index (Phi) is 4.63. The summed E-state index contributed by atoms with van der Waals surface area (Å²) in [5, 5.41) is 9.89. The second-order valence-electron chi connectivity index (χ2n) is 10.1. The Balaban J connectivity index is 1.62. The topological polar surface area (TPSA) is 46.5 Å². The molecule has 4 rings (SSSR count). The molecule has 146 valence electrons. The summed E-state index contributed by atoms with van der Waals surface area (Å²) in [6.07, 6.45) is 11.0. The maximum atomic E-state index is 12.5. The van der Waals surface area contributed by atoms with E-state index in [0.29, 0.717) is 29.0 Å². The number of hydrogen-bond acceptors (Lipinski definition) is 3. The summed E-state index contributed by atoms with van der Waals surface area (Å²) in [6, 6.07) is 0. The summed E-state index contributed by atoms with van der Waals surface area (Å²) in [7, 11) is 0. The van der Waals surface area contributed by atoms with Crippen molar-refractivity contribution >= 4 is 5.78 Å². The molecule has 0 bridgehead atoms. The fraction of sp³-hybridized carbons (Fsp3) is 0.870. The summed E-state index contributed by atoms with van der Waals surface area (Å²) in [5.41, 5.74) is 1.82. The van der Waals surface area contributed by atoms with Gasteiger partial charge in [0.2, 0.25) is 0 Å². The third-order valence-electron chi connectivity index (χ3n) is 8.80. The second-order valence-corrected chi connectivity index (χ2v) is 10.1. The molecular weight excluding hydrogens is 324 g/mol. The van der Waals surface area contributed by atoms with Crippen molar-refractivity contribution in [2.45, 2.75) is 97.4 Å². The van der Waals surface area contributed by atoms with Gasteiger partial charge in [-0.3, -0.25) is 4.79 Å². The number of rotatable bonds is 3. The Labute approximate surface area is 158 Å². The molecule has 0 spiro atoms. The number of Topliss-reactive ketones (excluding diaryl/α,β-unsaturated/α-hetero) is 1. The molecule has 0 aromatic rings. The highest BCUT2D eigenvalue weighted by Gasteiger charge is 2.58. The molecule has 0 radical (unpaired) electrons. The van der Waals surface area contributed by atoms with Gasteiger partial charge in [0.25, 0.3) is 0 Å². The average molecular weight is 361 g/mol. The molecule has 0 aromatic carbocycles. The van der Waals surface area contributed by atoms with Crippen molar-refractivity contribution in [2.24, 2.45) is 28.6 Å². The molecule has 26 heavy (non-hydrogen) atoms. The van der Waals surface area contributed by atoms with Gasteiger partial charge in [0.15, 0.2) is 0 Å². The lowest BCUT2D eigenvalue weighted by atomic mass is 9.48. The largest absolute Gasteiger partial charge is 0.391 e. The number of aliphatic hydroxyl groups excluding tert-OH is 1. The molecule has 0 aromatic heterocycles. The summed E-state index contributed by atoms with van der Waals surface area (Å²) in [5.74, 6) is 2.17. The van der Waals surface area contributed by atoms with Gasteiger partial charge >= 0.3 is 0 Å². The number of ether oxygens (including phenoxy) is 1. The van der Waals surface area contributed by atoms with Gasteiger partial charge in [-0.1, -0.05) is 31.9 Å². The second kappa shape index (κ2) is 6.44. The smallest absolute Gasteiger partial charge is 0.139 e. The minimum atomic E-state index is -0.419. The van der Waals surface area contributed by atoms with Crippen LogP contribution in [-0.4, -0.2) is 29.2 Å². The molecule has 0 amide bonds. The fourth-order valence-corrected chi connectivity index (χ4v) is 6.94. The van der Waals surface area contributed by atoms with E-state index in [0.717, 1.165) is 38.5 Å². The number of allylic oxidation sites excluding steroid dienone is 2. The molecule has 4 aliphatic carbocycles. The van der Waals surface area contributed by atoms with Crippen LogP contribution in [0.2, 0.25) is 0 Å². The van der Waals surface area contributed by atoms with Crippen LogP contribution in [0.4, 0.5) is 0 Å². The summed E-state index contributed by atoms with van der Waals surface area (Å²) in [4.78, 5) is 12.5. The summed E-state index contributed by atoms with van der Waals surface area (Å²) < 4.78 is 6.36. The highest BCUT2D eigenvalue weighted by Crippen LogP contribution is 2.63. The van der Waals surface area contributed by atoms with Crippen LogP contribution < -0.4 is 0 Å². The van der Waals surface area contributed by atoms with Gasteiger partial charge in [-0.05, 0) is 75.5 Å². The molecule has 3 saturated carbocycles. The number of fused-ring (bicyclic) bond motifs is 5. The van der Waals surface area contributed by atoms with E-state index in [2.05, 4.69) is 19.9 Å². The van der Waals surface area contributed by atoms with Crippen molar-refractivity contribution in [3.05, 3.63) is 11.6 Å². The Morgan fingerprint density at radius 1 is 1.15 bits per heavy atom. The van der Waals surface area contributed by atoms with Crippen LogP contribution in [0.1, 0.15) is 79.1 Å². The van der Waals surface area contributed by atoms with E-state index in [1.165, 1.54) is 12.8 Å². The van der Waals surface area contributed by atoms with Gasteiger partial charge in [0.05, 0.1) is 18.3 Å². The monoisotopic (exact) mass is 360 g/mol. The van der Waals surface area contributed by atoms with Crippen LogP contribution >= 0.6 is 0 Å². The maximum Gasteiger partial charge on any atom is 0.139 e. The fourth-order valence-electron chi connectivity index (χ4n) is 6.94. The number of carbonyl (C=O) groups excluding carboxylic acids is 1. The molecular formula is C23H36O3. The molecule has 0 heterocycles. The third kappa shape index (κ3) is 2.64. The highest BCUT2D eigenvalue weighted by molar-refractivity contribution is 5.87. The van der Waals surface area contributed by atoms with E-state index in [4.69, 9.17) is 4.74 Å². The van der Waals surface area contributed by atoms with E-state index in [1.54, 1.807) is 5.57 Å². The van der Waals surface area contributed by atoms with E-state index in [-0.39, 0.29) is 17.6 Å². The van der Waals surface area contributed by atoms with E-state index in [1.807, 2.05) is 13.8 Å². The summed E-state index contributed by atoms with van der Waals surface area (Å²) >= 11 is 0. The van der Waals surface area contributed by atoms with E-state index < -0.39 is 6.10 Å². The Morgan fingerprint density at radius 2 is 1.92 bits per heavy atom. The molecule has 3 nitrogen and oxygen atoms in total. The predicted molar refractivity (Wildman–Crippen MR) is 103 cm³/mol. The minimum Gasteiger partial charge on any atom is -0.391 e. The zero-order chi connectivity index (χ0) is 18.7. The highest BCUT2D eigenvalue weighted by atomic mass is 16.5. The van der Waals surface area contributed by atoms with Crippen LogP contribution in [-0.2, 0) is 9.53 Å². The van der Waals surface area contributed by atoms with E-state index in [9.17, 15) is 9.90 Å². The van der Waals surface area contributed by atoms with Crippen molar-refractivity contribution in [2.75, 3.05) is 0 Å². The first-order valence-corrected chi connectivity index (χ1v) is 10.8. The van der Waals surface area contributed by atoms with Crippen LogP contribution in [0.3, 0.4) is 0 Å². The third-order valence-corrected chi connectivity index (χ3v) is 8.80. The van der Waals surface area contributed by atoms with Crippen LogP contribution in [0, 0.1) is 28.6 Å². The lowest BCUT2D eigenvalue weighted by Gasteiger charge is -2.57. The molecule has 8 atom stereocenters. The Hall–Kier alpha value is -0.670. The normalized spacial score (nSPS) is 47.4. The van der Waals surface area contributed by atoms with Crippen LogP contribution in [0.15, 0.2) is 11.6 Å². The Morgan fingerprint density at radius 3 is 2.65 bits per heavy atom. The van der Waals surface area contributed by atoms with Gasteiger partial charge in [-0.15, -0.1) is 0 Å². The Bertz CT molecular complexity index is 609. The average Bonchev–Trinajstić information content (AvgIpc) is 2.89. The van der Waals surface area contributed by atoms with Gasteiger partial charge < -0.3 is 9.84 Å². The zero-order valence-electron chi connectivity index (χ0n) is 17.0. The van der Waals surface area contributed by atoms with Crippen molar-refractivity contribution in [1.82, 2.24) is 0 Å². The predicted octanol–water partition coefficient (Wildman–Crippen LogP) is 4.67. The molecule has 3 heteroatoms. The number of ketones is 1. The van der Waals surface area contributed by atoms with Gasteiger partial charge in [0.1, 0.15) is 5.78 Å². The molecule has 1 N–H and O–H groups in total. The quantitative estimate of drug-likeness (QED) is 0.744. The molecule has 4 aliphatic rings. The van der Waals surface area contributed by atoms with Gasteiger partial charge in [-0.25, -0.2) is 0 Å². The molecule has 3 fully saturated rings. The lowest BCUT2D eigenvalue weighted by molar-refractivity contribution is -0.141. The summed E-state index contributed by atoms with van der Waals surface area (Å²) in [6.45, 7) is 8.55. The number of hydrogen-bond donors (Lipinski definition) is 1. The zero-order valence-corrected chi connectivity index (χ0v) is 17.0. The molecule has 0 unspecified atom stereocenters. The van der Waals surface area contributed by atoms with Crippen molar-refractivity contribution in [1.29, 1.82) is 0 Å². The van der Waals surface area contributed by atoms with Crippen LogP contribution in [0.25, 0.3) is 0 Å². The first kappa shape index (κ1) is 18.7. The molecule has 0 aliphatic heterocycles. The number of carbonyl (C=O) groups is 1. The van der Waals surface area contributed by atoms with Gasteiger partial charge in [-0.2, -0.15) is 0 Å². The van der Waals surface area contributed by atoms with E-state index >= 15 is 0 Å². The van der Waals surface area contributed by atoms with Crippen molar-refractivity contribution in [3.63, 3.8) is 0 Å². The van der Waals surface area contributed by atoms with Crippen LogP contribution in [0.5, 0.6) is 0 Å². The SMILES string of the molecule is C[C@H](O)[C@H](C)O[C@@H]1CCC[C@]2(C)[C@@H]3CC[C@]4(C)C(=O)CC[C@@H]4C3=CC[C@H]12. The van der Waals surface area contributed by atoms with Crippen molar-refractivity contribution < 1.29 is 14.6 Å². The molecule has 0 saturated heterocycles. The minimum absolute atomic E-state index is 0.0864. The maximum absolute atomic E-state index is 12.5. The van der Waals surface area contributed by atoms with Crippen molar-refractivity contribution in [3.8, 4) is 0 Å². The first-order chi connectivity index (χ1) is 12.3. The van der Waals surface area contributed by atoms with Gasteiger partial charge in [0, 0.05) is 11.8 Å². The first-order valence-electron chi connectivity index (χ1n) is 10.8. The standard InChI is InChI=1S/C23H36O3/c1-14(24)15(2)26-20-6-5-12-22(3)18-11-13-23(4)17(9-10-21(23)25)16(18)7-8-19(20)22/h7,14-15,17-20,24H,5-6,8-13H2,1-4H3/t14-,15-,17+,18+,19+,20+,22+,23-/m0/s1.